The Morgan fingerprint density at radius 1 is 1.50 bits per heavy atom. The van der Waals surface area contributed by atoms with Gasteiger partial charge in [0, 0.05) is 0 Å². The molecule has 1 unspecified atom stereocenters. The van der Waals surface area contributed by atoms with Gasteiger partial charge in [0.1, 0.15) is 6.04 Å². The predicted molar refractivity (Wildman–Crippen MR) is 76.8 cm³/mol. The summed E-state index contributed by atoms with van der Waals surface area (Å²) in [6.07, 6.45) is 1.48. The number of benzene rings is 1. The summed E-state index contributed by atoms with van der Waals surface area (Å²) in [5, 5.41) is 5.84. The molecule has 1 aromatic rings. The van der Waals surface area contributed by atoms with E-state index in [2.05, 4.69) is 20.8 Å². The third-order valence-corrected chi connectivity index (χ3v) is 2.80. The van der Waals surface area contributed by atoms with Crippen molar-refractivity contribution in [1.29, 1.82) is 0 Å². The van der Waals surface area contributed by atoms with Crippen LogP contribution < -0.4 is 10.7 Å². The number of guanidine groups is 1. The minimum Gasteiger partial charge on any atom is -0.293 e. The van der Waals surface area contributed by atoms with Crippen molar-refractivity contribution in [1.82, 2.24) is 10.7 Å². The van der Waals surface area contributed by atoms with Crippen molar-refractivity contribution in [2.24, 2.45) is 10.1 Å². The second-order valence-electron chi connectivity index (χ2n) is 4.32. The summed E-state index contributed by atoms with van der Waals surface area (Å²) in [5.41, 5.74) is 4.69. The van der Waals surface area contributed by atoms with E-state index in [9.17, 15) is 9.59 Å². The number of carbonyl (C=O) groups excluding carboxylic acids is 2. The lowest BCUT2D eigenvalue weighted by atomic mass is 10.2. The molecule has 0 radical (unpaired) electrons. The molecule has 0 bridgehead atoms. The number of nitrogens with one attached hydrogen (secondary N) is 2. The van der Waals surface area contributed by atoms with E-state index in [-0.39, 0.29) is 18.3 Å². The first-order chi connectivity index (χ1) is 9.54. The number of aliphatic imine (C=N–C) groups is 1. The van der Waals surface area contributed by atoms with Gasteiger partial charge in [-0.1, -0.05) is 29.8 Å². The van der Waals surface area contributed by atoms with Crippen molar-refractivity contribution < 1.29 is 9.59 Å². The molecule has 1 amide bonds. The molecule has 1 aliphatic rings. The van der Waals surface area contributed by atoms with E-state index in [4.69, 9.17) is 11.6 Å². The van der Waals surface area contributed by atoms with Crippen molar-refractivity contribution in [2.75, 3.05) is 0 Å². The number of amides is 1. The molecule has 2 rings (SSSR count). The molecule has 1 aromatic carbocycles. The van der Waals surface area contributed by atoms with Crippen LogP contribution in [-0.4, -0.2) is 29.4 Å². The highest BCUT2D eigenvalue weighted by Crippen LogP contribution is 2.06. The molecule has 0 saturated heterocycles. The Kier molecular flexibility index (Phi) is 4.47. The number of hydrazone groups is 1. The van der Waals surface area contributed by atoms with Crippen LogP contribution in [0.3, 0.4) is 0 Å². The van der Waals surface area contributed by atoms with E-state index < -0.39 is 11.3 Å². The maximum absolute atomic E-state index is 11.5. The summed E-state index contributed by atoms with van der Waals surface area (Å²) in [7, 11) is 0. The normalized spacial score (nSPS) is 18.0. The summed E-state index contributed by atoms with van der Waals surface area (Å²) in [6, 6.07) is 7.00. The van der Waals surface area contributed by atoms with Gasteiger partial charge in [-0.15, -0.1) is 0 Å². The van der Waals surface area contributed by atoms with Gasteiger partial charge in [-0.05, 0) is 24.1 Å². The first-order valence-electron chi connectivity index (χ1n) is 5.97. The quantitative estimate of drug-likeness (QED) is 0.492. The molecule has 1 aliphatic heterocycles. The maximum Gasteiger partial charge on any atom is 0.252 e. The molecule has 20 heavy (non-hydrogen) atoms. The summed E-state index contributed by atoms with van der Waals surface area (Å²) in [6.45, 7) is 2.00. The maximum atomic E-state index is 11.5. The number of hydrogen-bond acceptors (Lipinski definition) is 5. The van der Waals surface area contributed by atoms with Crippen LogP contribution in [-0.2, 0) is 9.59 Å². The zero-order valence-corrected chi connectivity index (χ0v) is 11.5. The highest BCUT2D eigenvalue weighted by atomic mass is 35.5. The molecule has 0 aromatic heterocycles. The fourth-order valence-corrected chi connectivity index (χ4v) is 1.76. The van der Waals surface area contributed by atoms with Crippen molar-refractivity contribution in [3.05, 3.63) is 35.4 Å². The molecule has 6 nitrogen and oxygen atoms in total. The molecule has 0 aliphatic carbocycles. The van der Waals surface area contributed by atoms with Crippen LogP contribution in [0.25, 0.3) is 0 Å². The van der Waals surface area contributed by atoms with Gasteiger partial charge in [-0.2, -0.15) is 5.10 Å². The summed E-state index contributed by atoms with van der Waals surface area (Å²) in [4.78, 5) is 26.2. The smallest absolute Gasteiger partial charge is 0.252 e. The lowest BCUT2D eigenvalue weighted by Gasteiger charge is -1.98. The number of carbonyl (C=O) groups is 2. The fourth-order valence-electron chi connectivity index (χ4n) is 1.61. The third-order valence-electron chi connectivity index (χ3n) is 2.64. The Morgan fingerprint density at radius 2 is 2.20 bits per heavy atom. The largest absolute Gasteiger partial charge is 0.293 e. The Morgan fingerprint density at radius 3 is 2.85 bits per heavy atom. The first kappa shape index (κ1) is 14.2. The first-order valence-corrected chi connectivity index (χ1v) is 6.35. The molecule has 7 heteroatoms. The molecule has 1 atom stereocenters. The molecule has 0 spiro atoms. The molecule has 0 saturated carbocycles. The third kappa shape index (κ3) is 3.89. The Labute approximate surface area is 120 Å². The minimum atomic E-state index is -0.780. The van der Waals surface area contributed by atoms with Crippen LogP contribution in [0.2, 0.25) is 0 Å². The van der Waals surface area contributed by atoms with Gasteiger partial charge in [-0.3, -0.25) is 14.9 Å². The number of halogens is 1. The van der Waals surface area contributed by atoms with E-state index in [1.54, 1.807) is 6.21 Å². The van der Waals surface area contributed by atoms with Gasteiger partial charge in [0.05, 0.1) is 12.6 Å². The van der Waals surface area contributed by atoms with E-state index in [0.29, 0.717) is 0 Å². The van der Waals surface area contributed by atoms with Crippen molar-refractivity contribution >= 4 is 34.9 Å². The lowest BCUT2D eigenvalue weighted by Crippen LogP contribution is -2.35. The Balaban J connectivity index is 1.92. The second-order valence-corrected chi connectivity index (χ2v) is 4.74. The van der Waals surface area contributed by atoms with Crippen LogP contribution in [0.15, 0.2) is 34.4 Å². The van der Waals surface area contributed by atoms with Crippen LogP contribution in [0.5, 0.6) is 0 Å². The van der Waals surface area contributed by atoms with Crippen LogP contribution in [0.1, 0.15) is 17.5 Å². The van der Waals surface area contributed by atoms with Crippen LogP contribution in [0.4, 0.5) is 0 Å². The van der Waals surface area contributed by atoms with Gasteiger partial charge in [0.15, 0.2) is 0 Å². The van der Waals surface area contributed by atoms with Gasteiger partial charge < -0.3 is 0 Å². The van der Waals surface area contributed by atoms with E-state index in [1.165, 1.54) is 0 Å². The average molecular weight is 293 g/mol. The van der Waals surface area contributed by atoms with Gasteiger partial charge in [0.25, 0.3) is 5.91 Å². The number of rotatable bonds is 4. The molecular weight excluding hydrogens is 280 g/mol. The highest BCUT2D eigenvalue weighted by molar-refractivity contribution is 6.63. The predicted octanol–water partition coefficient (Wildman–Crippen LogP) is 0.928. The molecule has 104 valence electrons. The van der Waals surface area contributed by atoms with Crippen LogP contribution >= 0.6 is 11.6 Å². The molecular formula is C13H13ClN4O2. The topological polar surface area (TPSA) is 82.9 Å². The van der Waals surface area contributed by atoms with E-state index in [1.807, 2.05) is 31.2 Å². The molecule has 2 N–H and O–H groups in total. The molecule has 1 heterocycles. The fraction of sp³-hybridized carbons (Fsp3) is 0.231. The van der Waals surface area contributed by atoms with E-state index >= 15 is 0 Å². The monoisotopic (exact) mass is 292 g/mol. The minimum absolute atomic E-state index is 0.125. The number of nitrogens with zero attached hydrogens (tertiary/aromatic N) is 2. The zero-order valence-electron chi connectivity index (χ0n) is 10.8. The summed E-state index contributed by atoms with van der Waals surface area (Å²) >= 11 is 5.23. The second kappa shape index (κ2) is 6.29. The van der Waals surface area contributed by atoms with Crippen LogP contribution in [0, 0.1) is 6.92 Å². The van der Waals surface area contributed by atoms with Gasteiger partial charge in [-0.25, -0.2) is 10.4 Å². The SMILES string of the molecule is Cc1ccc(C=NNC2=NC(CC(=O)Cl)C(=O)N2)cc1. The number of aryl methyl sites for hydroxylation is 1. The zero-order chi connectivity index (χ0) is 14.5. The number of hydrogen-bond donors (Lipinski definition) is 2. The van der Waals surface area contributed by atoms with E-state index in [0.717, 1.165) is 11.1 Å². The van der Waals surface area contributed by atoms with Crippen molar-refractivity contribution in [3.63, 3.8) is 0 Å². The summed E-state index contributed by atoms with van der Waals surface area (Å²) < 4.78 is 0. The average Bonchev–Trinajstić information content (AvgIpc) is 2.72. The Hall–Kier alpha value is -2.21. The summed E-state index contributed by atoms with van der Waals surface area (Å²) in [5.74, 6) is -0.159. The van der Waals surface area contributed by atoms with Gasteiger partial charge in [0.2, 0.25) is 11.2 Å². The van der Waals surface area contributed by atoms with Crippen molar-refractivity contribution in [3.8, 4) is 0 Å². The van der Waals surface area contributed by atoms with Gasteiger partial charge >= 0.3 is 0 Å². The highest BCUT2D eigenvalue weighted by Gasteiger charge is 2.27. The van der Waals surface area contributed by atoms with Crippen molar-refractivity contribution in [2.45, 2.75) is 19.4 Å². The lowest BCUT2D eigenvalue weighted by molar-refractivity contribution is -0.122. The Bertz CT molecular complexity index is 581. The molecule has 0 fully saturated rings. The standard InChI is InChI=1S/C13H13ClN4O2/c1-8-2-4-9(5-3-8)7-15-18-13-16-10(6-11(14)19)12(20)17-13/h2-5,7,10H,6H2,1H3,(H2,16,17,18,20).